The highest BCUT2D eigenvalue weighted by atomic mass is 32.2. The summed E-state index contributed by atoms with van der Waals surface area (Å²) in [5.74, 6) is -0.128. The molecule has 3 amide bonds. The molecule has 2 saturated heterocycles. The van der Waals surface area contributed by atoms with Crippen LogP contribution in [0.4, 0.5) is 4.79 Å². The van der Waals surface area contributed by atoms with Crippen molar-refractivity contribution in [2.45, 2.75) is 26.3 Å². The van der Waals surface area contributed by atoms with Gasteiger partial charge in [0.1, 0.15) is 6.54 Å². The van der Waals surface area contributed by atoms with Crippen molar-refractivity contribution in [3.8, 4) is 0 Å². The Morgan fingerprint density at radius 1 is 1.35 bits per heavy atom. The first kappa shape index (κ1) is 15.7. The van der Waals surface area contributed by atoms with E-state index in [0.717, 1.165) is 16.3 Å². The van der Waals surface area contributed by atoms with Crippen LogP contribution in [0.5, 0.6) is 0 Å². The maximum absolute atomic E-state index is 11.6. The number of nitrogens with one attached hydrogen (secondary N) is 1. The van der Waals surface area contributed by atoms with E-state index in [1.807, 2.05) is 6.92 Å². The molecule has 0 spiro atoms. The van der Waals surface area contributed by atoms with Crippen LogP contribution in [0.25, 0.3) is 0 Å². The van der Waals surface area contributed by atoms with E-state index in [9.17, 15) is 18.0 Å². The summed E-state index contributed by atoms with van der Waals surface area (Å²) in [5.41, 5.74) is 2.21. The van der Waals surface area contributed by atoms with Crippen LogP contribution in [-0.2, 0) is 14.6 Å². The summed E-state index contributed by atoms with van der Waals surface area (Å²) < 4.78 is 25.0. The van der Waals surface area contributed by atoms with E-state index >= 15 is 0 Å². The summed E-state index contributed by atoms with van der Waals surface area (Å²) in [6, 6.07) is -0.728. The third-order valence-electron chi connectivity index (χ3n) is 4.04. The zero-order valence-corrected chi connectivity index (χ0v) is 13.6. The van der Waals surface area contributed by atoms with Gasteiger partial charge in [-0.2, -0.15) is 10.2 Å². The minimum Gasteiger partial charge on any atom is -0.275 e. The van der Waals surface area contributed by atoms with Gasteiger partial charge in [0.25, 0.3) is 0 Å². The van der Waals surface area contributed by atoms with E-state index in [1.165, 1.54) is 6.21 Å². The molecule has 1 atom stereocenters. The first-order valence-electron chi connectivity index (χ1n) is 7.18. The van der Waals surface area contributed by atoms with Crippen molar-refractivity contribution in [1.29, 1.82) is 0 Å². The minimum atomic E-state index is -3.00. The number of sulfone groups is 1. The van der Waals surface area contributed by atoms with Crippen LogP contribution in [0.15, 0.2) is 5.10 Å². The summed E-state index contributed by atoms with van der Waals surface area (Å²) in [7, 11) is -3.00. The molecule has 2 fully saturated rings. The highest BCUT2D eigenvalue weighted by Gasteiger charge is 2.31. The zero-order chi connectivity index (χ0) is 16.8. The number of hydrogen-bond acceptors (Lipinski definition) is 6. The van der Waals surface area contributed by atoms with Gasteiger partial charge in [0, 0.05) is 11.3 Å². The second-order valence-corrected chi connectivity index (χ2v) is 7.97. The van der Waals surface area contributed by atoms with Gasteiger partial charge >= 0.3 is 6.03 Å². The average Bonchev–Trinajstić information content (AvgIpc) is 3.06. The fourth-order valence-corrected chi connectivity index (χ4v) is 4.53. The SMILES string of the molecule is Cc1nn([C@@H]2CCS(=O)(=O)C2)c(C)c1C=NN1CC(=O)NC1=O. The van der Waals surface area contributed by atoms with E-state index in [4.69, 9.17) is 0 Å². The normalized spacial score (nSPS) is 23.9. The fraction of sp³-hybridized carbons (Fsp3) is 0.538. The van der Waals surface area contributed by atoms with Crippen molar-refractivity contribution in [3.05, 3.63) is 17.0 Å². The Morgan fingerprint density at radius 3 is 2.65 bits per heavy atom. The first-order chi connectivity index (χ1) is 10.8. The zero-order valence-electron chi connectivity index (χ0n) is 12.8. The highest BCUT2D eigenvalue weighted by Crippen LogP contribution is 2.26. The number of hydrazone groups is 1. The predicted octanol–water partition coefficient (Wildman–Crippen LogP) is -0.255. The summed E-state index contributed by atoms with van der Waals surface area (Å²) in [6.45, 7) is 3.52. The molecule has 0 aliphatic carbocycles. The lowest BCUT2D eigenvalue weighted by atomic mass is 10.2. The molecule has 10 heteroatoms. The van der Waals surface area contributed by atoms with Gasteiger partial charge in [-0.05, 0) is 20.3 Å². The van der Waals surface area contributed by atoms with Crippen LogP contribution in [0, 0.1) is 13.8 Å². The van der Waals surface area contributed by atoms with Gasteiger partial charge in [-0.25, -0.2) is 18.2 Å². The summed E-state index contributed by atoms with van der Waals surface area (Å²) in [5, 5.41) is 11.6. The van der Waals surface area contributed by atoms with Crippen LogP contribution in [0.1, 0.15) is 29.4 Å². The molecule has 3 rings (SSSR count). The second kappa shape index (κ2) is 5.44. The van der Waals surface area contributed by atoms with E-state index in [1.54, 1.807) is 11.6 Å². The lowest BCUT2D eigenvalue weighted by Gasteiger charge is -2.11. The number of urea groups is 1. The van der Waals surface area contributed by atoms with Gasteiger partial charge in [0.2, 0.25) is 5.91 Å². The molecule has 124 valence electrons. The first-order valence-corrected chi connectivity index (χ1v) is 9.00. The molecule has 3 heterocycles. The third-order valence-corrected chi connectivity index (χ3v) is 5.79. The van der Waals surface area contributed by atoms with E-state index in [2.05, 4.69) is 15.5 Å². The number of amides is 3. The number of nitrogens with zero attached hydrogens (tertiary/aromatic N) is 4. The second-order valence-electron chi connectivity index (χ2n) is 5.74. The molecule has 1 N–H and O–H groups in total. The number of imide groups is 1. The number of carbonyl (C=O) groups excluding carboxylic acids is 2. The predicted molar refractivity (Wildman–Crippen MR) is 81.8 cm³/mol. The molecule has 0 radical (unpaired) electrons. The van der Waals surface area contributed by atoms with Gasteiger partial charge in [0.15, 0.2) is 9.84 Å². The van der Waals surface area contributed by atoms with E-state index in [-0.39, 0.29) is 24.1 Å². The molecule has 2 aliphatic heterocycles. The van der Waals surface area contributed by atoms with E-state index < -0.39 is 21.8 Å². The topological polar surface area (TPSA) is 114 Å². The van der Waals surface area contributed by atoms with Crippen molar-refractivity contribution in [2.24, 2.45) is 5.10 Å². The van der Waals surface area contributed by atoms with Crippen LogP contribution in [0.2, 0.25) is 0 Å². The van der Waals surface area contributed by atoms with Crippen molar-refractivity contribution >= 4 is 28.0 Å². The molecule has 1 aromatic heterocycles. The van der Waals surface area contributed by atoms with Gasteiger partial charge in [-0.3, -0.25) is 14.8 Å². The monoisotopic (exact) mass is 339 g/mol. The van der Waals surface area contributed by atoms with Crippen molar-refractivity contribution in [2.75, 3.05) is 18.1 Å². The largest absolute Gasteiger partial charge is 0.344 e. The maximum atomic E-state index is 11.6. The number of aromatic nitrogens is 2. The van der Waals surface area contributed by atoms with Crippen LogP contribution < -0.4 is 5.32 Å². The van der Waals surface area contributed by atoms with Gasteiger partial charge in [0.05, 0.1) is 29.5 Å². The summed E-state index contributed by atoms with van der Waals surface area (Å²) in [6.07, 6.45) is 2.03. The Hall–Kier alpha value is -2.23. The summed E-state index contributed by atoms with van der Waals surface area (Å²) >= 11 is 0. The molecule has 23 heavy (non-hydrogen) atoms. The molecule has 0 aromatic carbocycles. The molecule has 0 saturated carbocycles. The van der Waals surface area contributed by atoms with Crippen molar-refractivity contribution in [3.63, 3.8) is 0 Å². The lowest BCUT2D eigenvalue weighted by molar-refractivity contribution is -0.118. The number of hydrogen-bond donors (Lipinski definition) is 1. The molecule has 0 unspecified atom stereocenters. The van der Waals surface area contributed by atoms with Gasteiger partial charge < -0.3 is 0 Å². The standard InChI is InChI=1S/C13H17N5O4S/c1-8-11(5-14-17-6-12(19)15-13(17)20)9(2)18(16-8)10-3-4-23(21,22)7-10/h5,10H,3-4,6-7H2,1-2H3,(H,15,19,20)/t10-/m1/s1. The Bertz CT molecular complexity index is 811. The van der Waals surface area contributed by atoms with Crippen molar-refractivity contribution < 1.29 is 18.0 Å². The number of carbonyl (C=O) groups is 2. The summed E-state index contributed by atoms with van der Waals surface area (Å²) in [4.78, 5) is 22.6. The maximum Gasteiger partial charge on any atom is 0.344 e. The van der Waals surface area contributed by atoms with E-state index in [0.29, 0.717) is 12.1 Å². The molecule has 0 bridgehead atoms. The minimum absolute atomic E-state index is 0.0918. The quantitative estimate of drug-likeness (QED) is 0.602. The van der Waals surface area contributed by atoms with Gasteiger partial charge in [-0.1, -0.05) is 0 Å². The van der Waals surface area contributed by atoms with Crippen LogP contribution >= 0.6 is 0 Å². The third kappa shape index (κ3) is 2.98. The van der Waals surface area contributed by atoms with Crippen LogP contribution in [-0.4, -0.2) is 59.4 Å². The molecular weight excluding hydrogens is 322 g/mol. The smallest absolute Gasteiger partial charge is 0.275 e. The number of aryl methyl sites for hydroxylation is 1. The highest BCUT2D eigenvalue weighted by molar-refractivity contribution is 7.91. The fourth-order valence-electron chi connectivity index (χ4n) is 2.84. The number of rotatable bonds is 3. The Labute approximate surface area is 133 Å². The Balaban J connectivity index is 1.84. The molecular formula is C13H17N5O4S. The molecule has 2 aliphatic rings. The van der Waals surface area contributed by atoms with Crippen molar-refractivity contribution in [1.82, 2.24) is 20.1 Å². The Kier molecular flexibility index (Phi) is 3.71. The lowest BCUT2D eigenvalue weighted by Crippen LogP contribution is -2.24. The molecule has 9 nitrogen and oxygen atoms in total. The molecule has 1 aromatic rings. The van der Waals surface area contributed by atoms with Gasteiger partial charge in [-0.15, -0.1) is 0 Å². The van der Waals surface area contributed by atoms with Crippen LogP contribution in [0.3, 0.4) is 0 Å². The average molecular weight is 339 g/mol. The Morgan fingerprint density at radius 2 is 2.09 bits per heavy atom.